The summed E-state index contributed by atoms with van der Waals surface area (Å²) in [4.78, 5) is 35.0. The molecular weight excluding hydrogens is 443 g/mol. The molecule has 0 atom stereocenters. The molecule has 166 valence electrons. The van der Waals surface area contributed by atoms with Crippen LogP contribution in [0, 0.1) is 5.82 Å². The lowest BCUT2D eigenvalue weighted by molar-refractivity contribution is -0.142. The molecule has 0 aliphatic rings. The number of carbonyl (C=O) groups excluding carboxylic acids is 3. The zero-order chi connectivity index (χ0) is 23.2. The molecule has 0 spiro atoms. The van der Waals surface area contributed by atoms with E-state index in [-0.39, 0.29) is 10.6 Å². The fourth-order valence-corrected chi connectivity index (χ4v) is 2.12. The third-order valence-electron chi connectivity index (χ3n) is 3.06. The number of hydrogen-bond donors (Lipinski definition) is 2. The van der Waals surface area contributed by atoms with E-state index in [0.717, 1.165) is 11.4 Å². The van der Waals surface area contributed by atoms with Crippen LogP contribution < -0.4 is 10.6 Å². The molecule has 0 bridgehead atoms. The van der Waals surface area contributed by atoms with Gasteiger partial charge in [0.1, 0.15) is 5.82 Å². The predicted octanol–water partition coefficient (Wildman–Crippen LogP) is 4.47. The van der Waals surface area contributed by atoms with Crippen molar-refractivity contribution in [3.05, 3.63) is 40.1 Å². The highest BCUT2D eigenvalue weighted by atomic mass is 35.5. The van der Waals surface area contributed by atoms with E-state index in [2.05, 4.69) is 4.74 Å². The first-order chi connectivity index (χ1) is 13.8. The maximum atomic E-state index is 14.0. The standard InChI is InChI=1S/C17H16ClF5N2O5/c1-4-29-15(27)12(20)13(17(21,22)23)25-16(28)24-11-5-8(9(18)6-10(11)19)14(26)30-7(2)3/h5-7H,4H2,1-3H3,(H2,24,25,28)/b13-12-. The summed E-state index contributed by atoms with van der Waals surface area (Å²) in [5.41, 5.74) is -3.50. The van der Waals surface area contributed by atoms with Crippen molar-refractivity contribution in [1.82, 2.24) is 5.32 Å². The molecular formula is C17H16ClF5N2O5. The van der Waals surface area contributed by atoms with Gasteiger partial charge in [0.25, 0.3) is 0 Å². The first-order valence-corrected chi connectivity index (χ1v) is 8.57. The smallest absolute Gasteiger partial charge is 0.434 e. The number of urea groups is 1. The number of allylic oxidation sites excluding steroid dienone is 1. The Bertz CT molecular complexity index is 871. The summed E-state index contributed by atoms with van der Waals surface area (Å²) in [7, 11) is 0. The average molecular weight is 459 g/mol. The Morgan fingerprint density at radius 2 is 1.80 bits per heavy atom. The maximum absolute atomic E-state index is 14.0. The fourth-order valence-electron chi connectivity index (χ4n) is 1.89. The first-order valence-electron chi connectivity index (χ1n) is 8.20. The summed E-state index contributed by atoms with van der Waals surface area (Å²) in [6, 6.07) is -0.416. The average Bonchev–Trinajstić information content (AvgIpc) is 2.59. The number of alkyl halides is 3. The monoisotopic (exact) mass is 458 g/mol. The molecule has 0 aromatic heterocycles. The minimum absolute atomic E-state index is 0.381. The van der Waals surface area contributed by atoms with E-state index in [1.54, 1.807) is 5.32 Å². The van der Waals surface area contributed by atoms with Crippen molar-refractivity contribution in [3.63, 3.8) is 0 Å². The summed E-state index contributed by atoms with van der Waals surface area (Å²) in [6.45, 7) is 3.84. The van der Waals surface area contributed by atoms with Gasteiger partial charge in [-0.15, -0.1) is 0 Å². The van der Waals surface area contributed by atoms with Gasteiger partial charge in [0.05, 0.1) is 29.0 Å². The second-order valence-corrected chi connectivity index (χ2v) is 6.16. The Hall–Kier alpha value is -2.89. The van der Waals surface area contributed by atoms with E-state index in [0.29, 0.717) is 6.07 Å². The van der Waals surface area contributed by atoms with Crippen LogP contribution in [-0.4, -0.2) is 36.9 Å². The maximum Gasteiger partial charge on any atom is 0.434 e. The summed E-state index contributed by atoms with van der Waals surface area (Å²) >= 11 is 5.74. The number of rotatable bonds is 6. The quantitative estimate of drug-likeness (QED) is 0.372. The van der Waals surface area contributed by atoms with Crippen LogP contribution in [-0.2, 0) is 14.3 Å². The lowest BCUT2D eigenvalue weighted by Gasteiger charge is -2.16. The zero-order valence-electron chi connectivity index (χ0n) is 15.7. The third kappa shape index (κ3) is 6.87. The molecule has 0 aliphatic heterocycles. The number of amides is 2. The minimum Gasteiger partial charge on any atom is -0.461 e. The Morgan fingerprint density at radius 1 is 1.20 bits per heavy atom. The van der Waals surface area contributed by atoms with Crippen LogP contribution in [0.2, 0.25) is 5.02 Å². The normalized spacial score (nSPS) is 12.2. The number of esters is 2. The van der Waals surface area contributed by atoms with Crippen molar-refractivity contribution in [2.24, 2.45) is 0 Å². The Balaban J connectivity index is 3.18. The number of benzene rings is 1. The van der Waals surface area contributed by atoms with Gasteiger partial charge in [-0.25, -0.2) is 18.8 Å². The highest BCUT2D eigenvalue weighted by molar-refractivity contribution is 6.33. The van der Waals surface area contributed by atoms with Crippen LogP contribution in [0.5, 0.6) is 0 Å². The Kier molecular flexibility index (Phi) is 8.58. The minimum atomic E-state index is -5.49. The Labute approximate surface area is 172 Å². The number of hydrogen-bond acceptors (Lipinski definition) is 5. The van der Waals surface area contributed by atoms with Gasteiger partial charge in [0.2, 0.25) is 5.83 Å². The number of anilines is 1. The molecule has 0 heterocycles. The summed E-state index contributed by atoms with van der Waals surface area (Å²) < 4.78 is 75.7. The van der Waals surface area contributed by atoms with Crippen molar-refractivity contribution < 1.29 is 45.8 Å². The van der Waals surface area contributed by atoms with Crippen LogP contribution in [0.25, 0.3) is 0 Å². The molecule has 0 radical (unpaired) electrons. The van der Waals surface area contributed by atoms with Gasteiger partial charge in [-0.1, -0.05) is 11.6 Å². The van der Waals surface area contributed by atoms with Crippen molar-refractivity contribution >= 4 is 35.3 Å². The molecule has 2 N–H and O–H groups in total. The molecule has 0 saturated carbocycles. The van der Waals surface area contributed by atoms with Crippen molar-refractivity contribution in [2.75, 3.05) is 11.9 Å². The summed E-state index contributed by atoms with van der Waals surface area (Å²) in [5.74, 6) is -6.55. The Morgan fingerprint density at radius 3 is 2.30 bits per heavy atom. The third-order valence-corrected chi connectivity index (χ3v) is 3.38. The van der Waals surface area contributed by atoms with Gasteiger partial charge in [-0.05, 0) is 32.9 Å². The molecule has 13 heteroatoms. The van der Waals surface area contributed by atoms with Crippen LogP contribution in [0.3, 0.4) is 0 Å². The highest BCUT2D eigenvalue weighted by Gasteiger charge is 2.41. The highest BCUT2D eigenvalue weighted by Crippen LogP contribution is 2.28. The first kappa shape index (κ1) is 25.1. The predicted molar refractivity (Wildman–Crippen MR) is 94.9 cm³/mol. The second-order valence-electron chi connectivity index (χ2n) is 5.75. The molecule has 7 nitrogen and oxygen atoms in total. The van der Waals surface area contributed by atoms with Crippen molar-refractivity contribution in [1.29, 1.82) is 0 Å². The molecule has 0 aliphatic carbocycles. The van der Waals surface area contributed by atoms with E-state index in [9.17, 15) is 36.3 Å². The number of halogens is 6. The summed E-state index contributed by atoms with van der Waals surface area (Å²) in [5, 5.41) is 2.37. The summed E-state index contributed by atoms with van der Waals surface area (Å²) in [6.07, 6.45) is -6.05. The molecule has 1 aromatic rings. The van der Waals surface area contributed by atoms with E-state index >= 15 is 0 Å². The van der Waals surface area contributed by atoms with Crippen LogP contribution in [0.15, 0.2) is 23.7 Å². The molecule has 1 aromatic carbocycles. The SMILES string of the molecule is CCOC(=O)/C(F)=C(/NC(=O)Nc1cc(C(=O)OC(C)C)c(Cl)cc1F)C(F)(F)F. The molecule has 1 rings (SSSR count). The number of carbonyl (C=O) groups is 3. The second kappa shape index (κ2) is 10.2. The molecule has 0 unspecified atom stereocenters. The van der Waals surface area contributed by atoms with Crippen molar-refractivity contribution in [2.45, 2.75) is 33.1 Å². The number of ether oxygens (including phenoxy) is 2. The molecule has 0 saturated heterocycles. The largest absolute Gasteiger partial charge is 0.461 e. The topological polar surface area (TPSA) is 93.7 Å². The fraction of sp³-hybridized carbons (Fsp3) is 0.353. The van der Waals surface area contributed by atoms with Crippen LogP contribution in [0.4, 0.5) is 32.4 Å². The van der Waals surface area contributed by atoms with Gasteiger partial charge in [-0.2, -0.15) is 17.6 Å². The lowest BCUT2D eigenvalue weighted by atomic mass is 10.2. The zero-order valence-corrected chi connectivity index (χ0v) is 16.5. The van der Waals surface area contributed by atoms with E-state index in [1.165, 1.54) is 20.8 Å². The molecule has 0 fully saturated rings. The van der Waals surface area contributed by atoms with E-state index < -0.39 is 59.9 Å². The number of nitrogens with one attached hydrogen (secondary N) is 2. The van der Waals surface area contributed by atoms with Crippen LogP contribution in [0.1, 0.15) is 31.1 Å². The van der Waals surface area contributed by atoms with Gasteiger partial charge in [0, 0.05) is 0 Å². The van der Waals surface area contributed by atoms with Crippen LogP contribution >= 0.6 is 11.6 Å². The lowest BCUT2D eigenvalue weighted by Crippen LogP contribution is -2.36. The molecule has 30 heavy (non-hydrogen) atoms. The van der Waals surface area contributed by atoms with E-state index in [1.807, 2.05) is 0 Å². The molecule has 2 amide bonds. The van der Waals surface area contributed by atoms with Crippen molar-refractivity contribution in [3.8, 4) is 0 Å². The van der Waals surface area contributed by atoms with Gasteiger partial charge < -0.3 is 20.1 Å². The van der Waals surface area contributed by atoms with Gasteiger partial charge in [0.15, 0.2) is 5.70 Å². The van der Waals surface area contributed by atoms with Gasteiger partial charge in [-0.3, -0.25) is 0 Å². The van der Waals surface area contributed by atoms with Gasteiger partial charge >= 0.3 is 24.1 Å². The van der Waals surface area contributed by atoms with E-state index in [4.69, 9.17) is 16.3 Å².